The molecule has 2 aromatic carbocycles. The molecule has 8 heteroatoms. The molecule has 2 aliphatic rings. The molecule has 5 rings (SSSR count). The van der Waals surface area contributed by atoms with Crippen molar-refractivity contribution in [2.24, 2.45) is 5.92 Å². The first kappa shape index (κ1) is 27.1. The van der Waals surface area contributed by atoms with E-state index >= 15 is 0 Å². The largest absolute Gasteiger partial charge is 0.507 e. The van der Waals surface area contributed by atoms with Crippen LogP contribution in [0, 0.1) is 19.8 Å². The lowest BCUT2D eigenvalue weighted by molar-refractivity contribution is 0.0495. The summed E-state index contributed by atoms with van der Waals surface area (Å²) in [6.45, 7) is 12.5. The smallest absolute Gasteiger partial charge is 0.273 e. The van der Waals surface area contributed by atoms with Gasteiger partial charge in [0, 0.05) is 24.3 Å². The van der Waals surface area contributed by atoms with E-state index in [4.69, 9.17) is 14.2 Å². The molecule has 1 fully saturated rings. The molecule has 0 spiro atoms. The minimum atomic E-state index is -0.422. The van der Waals surface area contributed by atoms with Gasteiger partial charge in [0.15, 0.2) is 11.5 Å². The molecule has 1 saturated heterocycles. The lowest BCUT2D eigenvalue weighted by atomic mass is 9.93. The molecule has 39 heavy (non-hydrogen) atoms. The SMILES string of the molecule is CCOc1cc(C2c3c(-c4c(C)cc(C)cc4O)n[nH]c3C(=O)N2CC2CCCO2)ccc1OCCC(C)C. The van der Waals surface area contributed by atoms with Crippen molar-refractivity contribution in [2.45, 2.75) is 66.0 Å². The highest BCUT2D eigenvalue weighted by atomic mass is 16.5. The van der Waals surface area contributed by atoms with E-state index in [1.54, 1.807) is 6.07 Å². The van der Waals surface area contributed by atoms with Crippen LogP contribution in [-0.4, -0.2) is 58.6 Å². The van der Waals surface area contributed by atoms with Gasteiger partial charge in [-0.1, -0.05) is 26.0 Å². The Morgan fingerprint density at radius 2 is 2.00 bits per heavy atom. The summed E-state index contributed by atoms with van der Waals surface area (Å²) < 4.78 is 18.0. The number of aromatic nitrogens is 2. The summed E-state index contributed by atoms with van der Waals surface area (Å²) in [6.07, 6.45) is 2.83. The number of aromatic amines is 1. The number of amides is 1. The summed E-state index contributed by atoms with van der Waals surface area (Å²) in [5.41, 5.74) is 5.18. The summed E-state index contributed by atoms with van der Waals surface area (Å²) in [7, 11) is 0. The predicted molar refractivity (Wildman–Crippen MR) is 150 cm³/mol. The molecule has 1 amide bonds. The average molecular weight is 534 g/mol. The van der Waals surface area contributed by atoms with Crippen molar-refractivity contribution in [2.75, 3.05) is 26.4 Å². The van der Waals surface area contributed by atoms with Crippen molar-refractivity contribution in [1.29, 1.82) is 0 Å². The van der Waals surface area contributed by atoms with Gasteiger partial charge in [-0.05, 0) is 80.8 Å². The number of phenolic OH excluding ortho intramolecular Hbond substituents is 1. The second-order valence-corrected chi connectivity index (χ2v) is 11.0. The van der Waals surface area contributed by atoms with E-state index in [-0.39, 0.29) is 17.8 Å². The molecule has 8 nitrogen and oxygen atoms in total. The zero-order valence-electron chi connectivity index (χ0n) is 23.5. The third-order valence-corrected chi connectivity index (χ3v) is 7.52. The quantitative estimate of drug-likeness (QED) is 0.334. The number of hydrogen-bond donors (Lipinski definition) is 2. The summed E-state index contributed by atoms with van der Waals surface area (Å²) in [6, 6.07) is 9.23. The second-order valence-electron chi connectivity index (χ2n) is 11.0. The maximum absolute atomic E-state index is 13.8. The molecular formula is C31H39N3O5. The first-order valence-corrected chi connectivity index (χ1v) is 14.0. The van der Waals surface area contributed by atoms with Crippen molar-refractivity contribution in [3.8, 4) is 28.5 Å². The maximum atomic E-state index is 13.8. The number of ether oxygens (including phenoxy) is 3. The van der Waals surface area contributed by atoms with Crippen molar-refractivity contribution in [3.05, 3.63) is 58.3 Å². The Bertz CT molecular complexity index is 1320. The number of nitrogens with one attached hydrogen (secondary N) is 1. The van der Waals surface area contributed by atoms with Crippen LogP contribution in [0.5, 0.6) is 17.2 Å². The van der Waals surface area contributed by atoms with Gasteiger partial charge in [-0.2, -0.15) is 5.10 Å². The third kappa shape index (κ3) is 5.35. The molecular weight excluding hydrogens is 494 g/mol. The Morgan fingerprint density at radius 1 is 1.18 bits per heavy atom. The standard InChI is InChI=1S/C31H39N3O5/c1-6-37-25-16-21(9-10-24(25)39-13-11-18(2)3)30-27-28(26-20(5)14-19(4)15-23(26)35)32-33-29(27)31(36)34(30)17-22-8-7-12-38-22/h9-10,14-16,18,22,30,35H,6-8,11-13,17H2,1-5H3,(H,32,33). The number of nitrogens with zero attached hydrogens (tertiary/aromatic N) is 2. The average Bonchev–Trinajstić information content (AvgIpc) is 3.60. The zero-order chi connectivity index (χ0) is 27.7. The van der Waals surface area contributed by atoms with Gasteiger partial charge in [-0.25, -0.2) is 0 Å². The maximum Gasteiger partial charge on any atom is 0.273 e. The molecule has 2 aliphatic heterocycles. The fraction of sp³-hybridized carbons (Fsp3) is 0.484. The topological polar surface area (TPSA) is 96.9 Å². The summed E-state index contributed by atoms with van der Waals surface area (Å²) in [5, 5.41) is 18.5. The van der Waals surface area contributed by atoms with Crippen molar-refractivity contribution < 1.29 is 24.1 Å². The van der Waals surface area contributed by atoms with E-state index in [1.165, 1.54) is 0 Å². The number of phenols is 1. The molecule has 0 radical (unpaired) electrons. The number of aryl methyl sites for hydroxylation is 2. The number of H-pyrrole nitrogens is 1. The van der Waals surface area contributed by atoms with Crippen molar-refractivity contribution in [3.63, 3.8) is 0 Å². The molecule has 2 unspecified atom stereocenters. The van der Waals surface area contributed by atoms with Gasteiger partial charge in [0.1, 0.15) is 17.1 Å². The number of aromatic hydroxyl groups is 1. The van der Waals surface area contributed by atoms with E-state index < -0.39 is 6.04 Å². The first-order chi connectivity index (χ1) is 18.8. The Balaban J connectivity index is 1.60. The zero-order valence-corrected chi connectivity index (χ0v) is 23.5. The van der Waals surface area contributed by atoms with E-state index in [2.05, 4.69) is 24.0 Å². The van der Waals surface area contributed by atoms with Crippen LogP contribution < -0.4 is 9.47 Å². The molecule has 2 atom stereocenters. The Morgan fingerprint density at radius 3 is 2.69 bits per heavy atom. The third-order valence-electron chi connectivity index (χ3n) is 7.52. The van der Waals surface area contributed by atoms with Gasteiger partial charge in [-0.15, -0.1) is 0 Å². The van der Waals surface area contributed by atoms with Crippen LogP contribution in [0.15, 0.2) is 30.3 Å². The minimum Gasteiger partial charge on any atom is -0.507 e. The van der Waals surface area contributed by atoms with Gasteiger partial charge in [-0.3, -0.25) is 9.89 Å². The highest BCUT2D eigenvalue weighted by Crippen LogP contribution is 2.47. The van der Waals surface area contributed by atoms with Gasteiger partial charge < -0.3 is 24.2 Å². The van der Waals surface area contributed by atoms with E-state index in [0.717, 1.165) is 41.5 Å². The van der Waals surface area contributed by atoms with Crippen LogP contribution in [0.2, 0.25) is 0 Å². The highest BCUT2D eigenvalue weighted by Gasteiger charge is 2.44. The number of carbonyl (C=O) groups excluding carboxylic acids is 1. The number of fused-ring (bicyclic) bond motifs is 1. The fourth-order valence-electron chi connectivity index (χ4n) is 5.67. The van der Waals surface area contributed by atoms with Crippen LogP contribution in [0.3, 0.4) is 0 Å². The summed E-state index contributed by atoms with van der Waals surface area (Å²) in [4.78, 5) is 15.7. The molecule has 208 valence electrons. The molecule has 3 heterocycles. The van der Waals surface area contributed by atoms with Crippen LogP contribution in [0.4, 0.5) is 0 Å². The van der Waals surface area contributed by atoms with Crippen LogP contribution in [-0.2, 0) is 4.74 Å². The molecule has 3 aromatic rings. The Hall–Kier alpha value is -3.52. The summed E-state index contributed by atoms with van der Waals surface area (Å²) >= 11 is 0. The Labute approximate surface area is 230 Å². The van der Waals surface area contributed by atoms with E-state index in [1.807, 2.05) is 49.9 Å². The monoisotopic (exact) mass is 533 g/mol. The predicted octanol–water partition coefficient (Wildman–Crippen LogP) is 5.95. The van der Waals surface area contributed by atoms with Gasteiger partial charge in [0.05, 0.1) is 25.4 Å². The van der Waals surface area contributed by atoms with Crippen LogP contribution >= 0.6 is 0 Å². The number of carbonyl (C=O) groups is 1. The number of rotatable bonds is 10. The summed E-state index contributed by atoms with van der Waals surface area (Å²) in [5.74, 6) is 1.90. The highest BCUT2D eigenvalue weighted by molar-refractivity contribution is 6.00. The molecule has 1 aromatic heterocycles. The van der Waals surface area contributed by atoms with Crippen molar-refractivity contribution >= 4 is 5.91 Å². The van der Waals surface area contributed by atoms with Crippen LogP contribution in [0.25, 0.3) is 11.3 Å². The lowest BCUT2D eigenvalue weighted by Gasteiger charge is -2.29. The number of benzene rings is 2. The molecule has 0 saturated carbocycles. The fourth-order valence-corrected chi connectivity index (χ4v) is 5.67. The Kier molecular flexibility index (Phi) is 7.84. The first-order valence-electron chi connectivity index (χ1n) is 14.0. The van der Waals surface area contributed by atoms with Gasteiger partial charge in [0.2, 0.25) is 0 Å². The molecule has 0 bridgehead atoms. The minimum absolute atomic E-state index is 0.0172. The van der Waals surface area contributed by atoms with Gasteiger partial charge >= 0.3 is 0 Å². The molecule has 2 N–H and O–H groups in total. The van der Waals surface area contributed by atoms with E-state index in [0.29, 0.717) is 60.7 Å². The lowest BCUT2D eigenvalue weighted by Crippen LogP contribution is -2.36. The van der Waals surface area contributed by atoms with Crippen molar-refractivity contribution in [1.82, 2.24) is 15.1 Å². The van der Waals surface area contributed by atoms with Crippen LogP contribution in [0.1, 0.15) is 78.8 Å². The molecule has 0 aliphatic carbocycles. The van der Waals surface area contributed by atoms with Gasteiger partial charge in [0.25, 0.3) is 5.91 Å². The van der Waals surface area contributed by atoms with E-state index in [9.17, 15) is 9.90 Å². The second kappa shape index (κ2) is 11.3. The normalized spacial score (nSPS) is 18.7. The number of hydrogen-bond acceptors (Lipinski definition) is 6.